The molecule has 4 heteroatoms. The summed E-state index contributed by atoms with van der Waals surface area (Å²) in [5, 5.41) is 3.40. The number of hydrogen-bond acceptors (Lipinski definition) is 4. The smallest absolute Gasteiger partial charge is 0.115 e. The molecule has 20 heavy (non-hydrogen) atoms. The summed E-state index contributed by atoms with van der Waals surface area (Å²) in [5.41, 5.74) is 3.68. The highest BCUT2D eigenvalue weighted by Crippen LogP contribution is 2.20. The van der Waals surface area contributed by atoms with Crippen molar-refractivity contribution in [2.24, 2.45) is 0 Å². The van der Waals surface area contributed by atoms with Gasteiger partial charge in [0.15, 0.2) is 0 Å². The molecule has 1 N–H and O–H groups in total. The molecule has 2 aromatic rings. The minimum Gasteiger partial charge on any atom is -0.372 e. The maximum Gasteiger partial charge on any atom is 0.115 e. The van der Waals surface area contributed by atoms with E-state index in [0.717, 1.165) is 18.8 Å². The maximum atomic E-state index is 4.20. The third-order valence-electron chi connectivity index (χ3n) is 3.69. The van der Waals surface area contributed by atoms with Crippen LogP contribution in [0.4, 0.5) is 5.69 Å². The number of nitrogens with one attached hydrogen (secondary N) is 1. The van der Waals surface area contributed by atoms with Gasteiger partial charge in [-0.1, -0.05) is 12.1 Å². The molecule has 1 aliphatic rings. The van der Waals surface area contributed by atoms with Crippen LogP contribution in [0.3, 0.4) is 0 Å². The molecular formula is C16H20N4. The third-order valence-corrected chi connectivity index (χ3v) is 3.69. The monoisotopic (exact) mass is 268 g/mol. The Bertz CT molecular complexity index is 518. The van der Waals surface area contributed by atoms with Crippen LogP contribution in [0.1, 0.15) is 24.1 Å². The van der Waals surface area contributed by atoms with Crippen LogP contribution in [-0.2, 0) is 13.1 Å². The molecule has 0 aliphatic carbocycles. The zero-order chi connectivity index (χ0) is 13.6. The van der Waals surface area contributed by atoms with Gasteiger partial charge >= 0.3 is 0 Å². The highest BCUT2D eigenvalue weighted by Gasteiger charge is 2.11. The van der Waals surface area contributed by atoms with Gasteiger partial charge in [-0.2, -0.15) is 0 Å². The van der Waals surface area contributed by atoms with E-state index in [0.29, 0.717) is 0 Å². The number of hydrogen-bond donors (Lipinski definition) is 1. The Balaban J connectivity index is 1.50. The van der Waals surface area contributed by atoms with Gasteiger partial charge in [0.25, 0.3) is 0 Å². The lowest BCUT2D eigenvalue weighted by Crippen LogP contribution is -2.17. The number of anilines is 1. The average Bonchev–Trinajstić information content (AvgIpc) is 3.03. The largest absolute Gasteiger partial charge is 0.372 e. The van der Waals surface area contributed by atoms with Gasteiger partial charge in [0.05, 0.1) is 5.69 Å². The fourth-order valence-corrected chi connectivity index (χ4v) is 2.56. The fourth-order valence-electron chi connectivity index (χ4n) is 2.56. The van der Waals surface area contributed by atoms with E-state index in [2.05, 4.69) is 44.5 Å². The first-order valence-electron chi connectivity index (χ1n) is 7.21. The van der Waals surface area contributed by atoms with Crippen molar-refractivity contribution in [2.75, 3.05) is 18.0 Å². The molecule has 1 aromatic heterocycles. The van der Waals surface area contributed by atoms with Crippen LogP contribution in [0.2, 0.25) is 0 Å². The summed E-state index contributed by atoms with van der Waals surface area (Å²) in [6, 6.07) is 10.8. The molecule has 1 aromatic carbocycles. The van der Waals surface area contributed by atoms with E-state index in [1.165, 1.54) is 37.2 Å². The molecule has 1 aliphatic heterocycles. The van der Waals surface area contributed by atoms with E-state index >= 15 is 0 Å². The highest BCUT2D eigenvalue weighted by molar-refractivity contribution is 5.48. The molecule has 0 bridgehead atoms. The van der Waals surface area contributed by atoms with Crippen LogP contribution in [0, 0.1) is 0 Å². The first kappa shape index (κ1) is 13.1. The molecule has 0 spiro atoms. The second-order valence-electron chi connectivity index (χ2n) is 5.16. The Morgan fingerprint density at radius 2 is 1.80 bits per heavy atom. The van der Waals surface area contributed by atoms with Gasteiger partial charge in [-0.05, 0) is 36.6 Å². The maximum absolute atomic E-state index is 4.20. The minimum atomic E-state index is 0.774. The second-order valence-corrected chi connectivity index (χ2v) is 5.16. The number of benzene rings is 1. The van der Waals surface area contributed by atoms with Crippen LogP contribution in [-0.4, -0.2) is 23.1 Å². The normalized spacial score (nSPS) is 14.7. The van der Waals surface area contributed by atoms with Gasteiger partial charge in [-0.25, -0.2) is 9.97 Å². The molecule has 3 rings (SSSR count). The molecule has 0 amide bonds. The van der Waals surface area contributed by atoms with Crippen molar-refractivity contribution in [3.63, 3.8) is 0 Å². The van der Waals surface area contributed by atoms with E-state index in [4.69, 9.17) is 0 Å². The van der Waals surface area contributed by atoms with Crippen molar-refractivity contribution < 1.29 is 0 Å². The van der Waals surface area contributed by atoms with Gasteiger partial charge in [0.1, 0.15) is 6.33 Å². The van der Waals surface area contributed by atoms with Crippen molar-refractivity contribution >= 4 is 5.69 Å². The van der Waals surface area contributed by atoms with E-state index < -0.39 is 0 Å². The number of aromatic nitrogens is 2. The van der Waals surface area contributed by atoms with Crippen LogP contribution >= 0.6 is 0 Å². The van der Waals surface area contributed by atoms with Gasteiger partial charge < -0.3 is 10.2 Å². The van der Waals surface area contributed by atoms with Gasteiger partial charge in [0.2, 0.25) is 0 Å². The van der Waals surface area contributed by atoms with Crippen LogP contribution < -0.4 is 10.2 Å². The third kappa shape index (κ3) is 3.33. The summed E-state index contributed by atoms with van der Waals surface area (Å²) in [7, 11) is 0. The molecule has 1 fully saturated rings. The Morgan fingerprint density at radius 1 is 1.00 bits per heavy atom. The Kier molecular flexibility index (Phi) is 4.23. The number of nitrogens with zero attached hydrogens (tertiary/aromatic N) is 3. The topological polar surface area (TPSA) is 41.0 Å². The molecule has 4 nitrogen and oxygen atoms in total. The molecule has 2 heterocycles. The van der Waals surface area contributed by atoms with E-state index in [9.17, 15) is 0 Å². The zero-order valence-corrected chi connectivity index (χ0v) is 11.6. The summed E-state index contributed by atoms with van der Waals surface area (Å²) in [6.45, 7) is 4.04. The molecule has 1 saturated heterocycles. The average molecular weight is 268 g/mol. The second kappa shape index (κ2) is 6.48. The molecule has 0 saturated carbocycles. The molecule has 0 unspecified atom stereocenters. The number of rotatable bonds is 5. The lowest BCUT2D eigenvalue weighted by Gasteiger charge is -2.17. The van der Waals surface area contributed by atoms with Crippen molar-refractivity contribution in [1.29, 1.82) is 0 Å². The SMILES string of the molecule is c1cc(CNCc2ccc(N3CCCC3)cc2)ncn1. The lowest BCUT2D eigenvalue weighted by atomic mass is 10.2. The Labute approximate surface area is 119 Å². The predicted octanol–water partition coefficient (Wildman–Crippen LogP) is 2.37. The van der Waals surface area contributed by atoms with Gasteiger partial charge in [-0.3, -0.25) is 0 Å². The molecular weight excluding hydrogens is 248 g/mol. The zero-order valence-electron chi connectivity index (χ0n) is 11.6. The Morgan fingerprint density at radius 3 is 2.50 bits per heavy atom. The highest BCUT2D eigenvalue weighted by atomic mass is 15.1. The van der Waals surface area contributed by atoms with Gasteiger partial charge in [0, 0.05) is 38.1 Å². The molecule has 0 radical (unpaired) electrons. The first-order chi connectivity index (χ1) is 9.92. The fraction of sp³-hybridized carbons (Fsp3) is 0.375. The lowest BCUT2D eigenvalue weighted by molar-refractivity contribution is 0.677. The quantitative estimate of drug-likeness (QED) is 0.904. The Hall–Kier alpha value is -1.94. The van der Waals surface area contributed by atoms with Crippen molar-refractivity contribution in [1.82, 2.24) is 15.3 Å². The summed E-state index contributed by atoms with van der Waals surface area (Å²) in [5.74, 6) is 0. The summed E-state index contributed by atoms with van der Waals surface area (Å²) in [6.07, 6.45) is 6.00. The van der Waals surface area contributed by atoms with Crippen molar-refractivity contribution in [3.05, 3.63) is 54.1 Å². The van der Waals surface area contributed by atoms with Crippen LogP contribution in [0.15, 0.2) is 42.9 Å². The molecule has 0 atom stereocenters. The van der Waals surface area contributed by atoms with E-state index in [1.54, 1.807) is 12.5 Å². The molecule has 104 valence electrons. The van der Waals surface area contributed by atoms with E-state index in [-0.39, 0.29) is 0 Å². The summed E-state index contributed by atoms with van der Waals surface area (Å²) < 4.78 is 0. The standard InChI is InChI=1S/C16H20N4/c1-2-10-20(9-1)16-5-3-14(4-6-16)11-18-12-15-7-8-17-13-19-15/h3-8,13,18H,1-2,9-12H2. The summed E-state index contributed by atoms with van der Waals surface area (Å²) >= 11 is 0. The minimum absolute atomic E-state index is 0.774. The first-order valence-corrected chi connectivity index (χ1v) is 7.21. The van der Waals surface area contributed by atoms with Crippen molar-refractivity contribution in [3.8, 4) is 0 Å². The predicted molar refractivity (Wildman–Crippen MR) is 80.5 cm³/mol. The van der Waals surface area contributed by atoms with Crippen LogP contribution in [0.5, 0.6) is 0 Å². The summed E-state index contributed by atoms with van der Waals surface area (Å²) in [4.78, 5) is 10.6. The van der Waals surface area contributed by atoms with Crippen molar-refractivity contribution in [2.45, 2.75) is 25.9 Å². The van der Waals surface area contributed by atoms with Crippen LogP contribution in [0.25, 0.3) is 0 Å². The van der Waals surface area contributed by atoms with Gasteiger partial charge in [-0.15, -0.1) is 0 Å². The van der Waals surface area contributed by atoms with E-state index in [1.807, 2.05) is 6.07 Å².